The van der Waals surface area contributed by atoms with Crippen LogP contribution in [0.3, 0.4) is 0 Å². The highest BCUT2D eigenvalue weighted by atomic mass is 16.7. The van der Waals surface area contributed by atoms with E-state index in [2.05, 4.69) is 31.9 Å². The summed E-state index contributed by atoms with van der Waals surface area (Å²) in [6, 6.07) is 14.5. The van der Waals surface area contributed by atoms with Crippen LogP contribution < -0.4 is 41.4 Å². The molecule has 4 aliphatic rings. The Morgan fingerprint density at radius 2 is 1.43 bits per heavy atom. The molecule has 0 unspecified atom stereocenters. The van der Waals surface area contributed by atoms with Gasteiger partial charge in [0, 0.05) is 55.8 Å². The maximum Gasteiger partial charge on any atom is 0.243 e. The predicted molar refractivity (Wildman–Crippen MR) is 328 cm³/mol. The summed E-state index contributed by atoms with van der Waals surface area (Å²) in [4.78, 5) is 138. The molecule has 10 atom stereocenters. The Bertz CT molecular complexity index is 3450. The molecule has 2 heterocycles. The standard InChI is InChI=1S/C66H81N7O19/c1-33(2)23-43(72-65(87)46-16-12-22-73(46)51(78)30-67-36(6)75)62(84)68-29-50(77)69-44(24-34(3)4)63(85)71-45(25-37-18-20-39(21-19-37)90-32-38-13-9-8-10-14-38)64(86)70-42-26-52(91-35(5)57(42)79)92-48-28-66(88,49(76)31-74)27-41-54(48)61(83)56-55(59(41)81)58(80)40-15-11-17-47(89-7)53(40)60(56)82/h8-11,13-15,17-21,33-35,42-46,48,52,57,74,79,81,83,88H,12,16,22-32H2,1-7H3,(H,67,75)(H,68,84)(H,69,77)(H,70,86)(H,71,85)(H,72,87)/t35-,42-,43-,44-,45-,46-,48-,52-,57+,66-/m0/s1. The van der Waals surface area contributed by atoms with Crippen molar-refractivity contribution in [1.29, 1.82) is 0 Å². The van der Waals surface area contributed by atoms with Gasteiger partial charge in [-0.1, -0.05) is 82.3 Å². The van der Waals surface area contributed by atoms with E-state index in [1.165, 1.54) is 44.1 Å². The Kier molecular flexibility index (Phi) is 22.6. The molecular weight excluding hydrogens is 1190 g/mol. The highest BCUT2D eigenvalue weighted by Gasteiger charge is 2.51. The zero-order valence-electron chi connectivity index (χ0n) is 52.4. The van der Waals surface area contributed by atoms with Crippen LogP contribution in [-0.4, -0.2) is 177 Å². The van der Waals surface area contributed by atoms with Gasteiger partial charge in [-0.3, -0.25) is 47.9 Å². The van der Waals surface area contributed by atoms with Crippen molar-refractivity contribution in [3.05, 3.63) is 117 Å². The Morgan fingerprint density at radius 3 is 2.09 bits per heavy atom. The lowest BCUT2D eigenvalue weighted by Gasteiger charge is -2.43. The van der Waals surface area contributed by atoms with Gasteiger partial charge in [-0.15, -0.1) is 0 Å². The van der Waals surface area contributed by atoms with Gasteiger partial charge in [-0.2, -0.15) is 0 Å². The number of phenolic OH excluding ortho intramolecular Hbond substituents is 2. The summed E-state index contributed by atoms with van der Waals surface area (Å²) >= 11 is 0. The minimum Gasteiger partial charge on any atom is -0.507 e. The maximum absolute atomic E-state index is 14.9. The monoisotopic (exact) mass is 1280 g/mol. The number of aliphatic hydroxyl groups excluding tert-OH is 2. The highest BCUT2D eigenvalue weighted by molar-refractivity contribution is 6.31. The van der Waals surface area contributed by atoms with Crippen LogP contribution in [0.1, 0.15) is 140 Å². The van der Waals surface area contributed by atoms with Crippen LogP contribution in [0.2, 0.25) is 0 Å². The molecule has 2 aliphatic carbocycles. The number of carbonyl (C=O) groups excluding carboxylic acids is 10. The van der Waals surface area contributed by atoms with Gasteiger partial charge in [0.2, 0.25) is 47.1 Å². The molecule has 0 spiro atoms. The number of rotatable bonds is 26. The number of likely N-dealkylation sites (tertiary alicyclic amines) is 1. The number of ketones is 3. The molecule has 0 aromatic heterocycles. The third-order valence-electron chi connectivity index (χ3n) is 16.8. The summed E-state index contributed by atoms with van der Waals surface area (Å²) in [6.07, 6.45) is -6.56. The lowest BCUT2D eigenvalue weighted by molar-refractivity contribution is -0.249. The number of hydrogen-bond acceptors (Lipinski definition) is 19. The SMILES string of the molecule is COc1cccc2c1C(=O)c1c(O)c3c(c(O)c1C2=O)C[C@@](O)(C(=O)CO)C[C@@H]3O[C@H]1C[C@H](NC(=O)[C@H](Cc2ccc(OCc3ccccc3)cc2)NC(=O)[C@H](CC(C)C)NC(=O)CNC(=O)[C@H](CC(C)C)NC(=O)[C@@H]2CCCN2C(=O)CNC(C)=O)[C@H](O)[C@H](C)O1. The minimum atomic E-state index is -2.48. The average molecular weight is 1280 g/mol. The van der Waals surface area contributed by atoms with E-state index in [1.807, 2.05) is 44.2 Å². The predicted octanol–water partition coefficient (Wildman–Crippen LogP) is 1.77. The molecule has 2 saturated heterocycles. The fourth-order valence-electron chi connectivity index (χ4n) is 12.2. The van der Waals surface area contributed by atoms with Crippen molar-refractivity contribution in [2.75, 3.05) is 33.4 Å². The van der Waals surface area contributed by atoms with Crippen LogP contribution in [0.4, 0.5) is 0 Å². The molecule has 26 heteroatoms. The average Bonchev–Trinajstić information content (AvgIpc) is 0.750. The first-order valence-electron chi connectivity index (χ1n) is 30.7. The number of hydrogen-bond donors (Lipinski definition) is 11. The van der Waals surface area contributed by atoms with E-state index in [-0.39, 0.29) is 85.2 Å². The molecule has 494 valence electrons. The number of amides is 7. The smallest absolute Gasteiger partial charge is 0.243 e. The number of nitrogens with zero attached hydrogens (tertiary/aromatic N) is 1. The summed E-state index contributed by atoms with van der Waals surface area (Å²) in [6.45, 7) is 8.44. The van der Waals surface area contributed by atoms with Crippen LogP contribution in [-0.2, 0) is 67.3 Å². The van der Waals surface area contributed by atoms with Crippen molar-refractivity contribution in [3.63, 3.8) is 0 Å². The number of fused-ring (bicyclic) bond motifs is 3. The van der Waals surface area contributed by atoms with Gasteiger partial charge in [0.05, 0.1) is 55.1 Å². The van der Waals surface area contributed by atoms with Crippen LogP contribution >= 0.6 is 0 Å². The van der Waals surface area contributed by atoms with Crippen molar-refractivity contribution >= 4 is 58.7 Å². The second-order valence-corrected chi connectivity index (χ2v) is 24.6. The number of phenols is 2. The van der Waals surface area contributed by atoms with Crippen LogP contribution in [0.5, 0.6) is 23.0 Å². The zero-order valence-corrected chi connectivity index (χ0v) is 52.4. The summed E-state index contributed by atoms with van der Waals surface area (Å²) < 4.78 is 23.9. The van der Waals surface area contributed by atoms with Crippen LogP contribution in [0.25, 0.3) is 0 Å². The molecule has 2 fully saturated rings. The van der Waals surface area contributed by atoms with Gasteiger partial charge >= 0.3 is 0 Å². The molecule has 0 saturated carbocycles. The summed E-state index contributed by atoms with van der Waals surface area (Å²) in [5.41, 5.74) is -3.18. The molecule has 92 heavy (non-hydrogen) atoms. The van der Waals surface area contributed by atoms with Crippen molar-refractivity contribution in [2.24, 2.45) is 11.8 Å². The molecule has 0 bridgehead atoms. The van der Waals surface area contributed by atoms with Gasteiger partial charge in [-0.05, 0) is 73.8 Å². The normalized spacial score (nSPS) is 21.8. The Hall–Kier alpha value is -8.82. The van der Waals surface area contributed by atoms with Gasteiger partial charge in [0.1, 0.15) is 72.1 Å². The first kappa shape index (κ1) is 69.1. The highest BCUT2D eigenvalue weighted by Crippen LogP contribution is 2.52. The van der Waals surface area contributed by atoms with E-state index >= 15 is 0 Å². The minimum absolute atomic E-state index is 0.00277. The molecule has 11 N–H and O–H groups in total. The van der Waals surface area contributed by atoms with E-state index in [0.29, 0.717) is 24.2 Å². The topological polar surface area (TPSA) is 384 Å². The lowest BCUT2D eigenvalue weighted by atomic mass is 9.72. The summed E-state index contributed by atoms with van der Waals surface area (Å²) in [5.74, 6) is -8.89. The van der Waals surface area contributed by atoms with Crippen molar-refractivity contribution in [3.8, 4) is 23.0 Å². The van der Waals surface area contributed by atoms with E-state index in [9.17, 15) is 73.5 Å². The molecule has 4 aromatic carbocycles. The molecule has 26 nitrogen and oxygen atoms in total. The van der Waals surface area contributed by atoms with Gasteiger partial charge < -0.3 is 81.3 Å². The third kappa shape index (κ3) is 16.1. The first-order valence-corrected chi connectivity index (χ1v) is 30.7. The van der Waals surface area contributed by atoms with Crippen molar-refractivity contribution < 1.29 is 92.4 Å². The van der Waals surface area contributed by atoms with Crippen LogP contribution in [0.15, 0.2) is 72.8 Å². The second-order valence-electron chi connectivity index (χ2n) is 24.6. The molecule has 4 aromatic rings. The number of nitrogens with one attached hydrogen (secondary N) is 6. The van der Waals surface area contributed by atoms with Crippen LogP contribution in [0, 0.1) is 11.8 Å². The van der Waals surface area contributed by atoms with Gasteiger partial charge in [-0.25, -0.2) is 0 Å². The van der Waals surface area contributed by atoms with Crippen molar-refractivity contribution in [2.45, 2.75) is 160 Å². The number of methoxy groups -OCH3 is 1. The molecular formula is C66H81N7O19. The third-order valence-corrected chi connectivity index (χ3v) is 16.8. The van der Waals surface area contributed by atoms with Gasteiger partial charge in [0.25, 0.3) is 0 Å². The van der Waals surface area contributed by atoms with Gasteiger partial charge in [0.15, 0.2) is 17.9 Å². The largest absolute Gasteiger partial charge is 0.507 e. The fraction of sp³-hybridized carbons (Fsp3) is 0.485. The molecule has 2 aliphatic heterocycles. The van der Waals surface area contributed by atoms with E-state index < -0.39 is 168 Å². The van der Waals surface area contributed by atoms with E-state index in [4.69, 9.17) is 18.9 Å². The Labute approximate surface area is 531 Å². The number of carbonyl (C=O) groups is 10. The Morgan fingerprint density at radius 1 is 0.761 bits per heavy atom. The number of benzene rings is 4. The number of Topliss-reactive ketones (excluding diaryl/α,β-unsaturated/α-hetero) is 1. The lowest BCUT2D eigenvalue weighted by Crippen LogP contribution is -2.60. The summed E-state index contributed by atoms with van der Waals surface area (Å²) in [7, 11) is 1.28. The van der Waals surface area contributed by atoms with Crippen molar-refractivity contribution in [1.82, 2.24) is 36.8 Å². The fourth-order valence-corrected chi connectivity index (χ4v) is 12.2. The maximum atomic E-state index is 14.9. The number of ether oxygens (including phenoxy) is 4. The number of aliphatic hydroxyl groups is 3. The molecule has 0 radical (unpaired) electrons. The zero-order chi connectivity index (χ0) is 66.9. The second kappa shape index (κ2) is 30.1. The summed E-state index contributed by atoms with van der Waals surface area (Å²) in [5, 5.41) is 73.6. The molecule has 7 amide bonds. The number of aromatic hydroxyl groups is 2. The van der Waals surface area contributed by atoms with E-state index in [1.54, 1.807) is 38.1 Å². The quantitative estimate of drug-likeness (QED) is 0.0351. The first-order chi connectivity index (χ1) is 43.7. The molecule has 8 rings (SSSR count). The van der Waals surface area contributed by atoms with E-state index in [0.717, 1.165) is 5.56 Å². The Balaban J connectivity index is 1.01.